The van der Waals surface area contributed by atoms with Crippen molar-refractivity contribution >= 4 is 12.4 Å². The number of hydrogen-bond donors (Lipinski definition) is 1. The van der Waals surface area contributed by atoms with Gasteiger partial charge in [-0.2, -0.15) is 0 Å². The van der Waals surface area contributed by atoms with Crippen LogP contribution in [0.3, 0.4) is 0 Å². The van der Waals surface area contributed by atoms with Crippen LogP contribution in [0.25, 0.3) is 0 Å². The van der Waals surface area contributed by atoms with Gasteiger partial charge in [-0.1, -0.05) is 0 Å². The summed E-state index contributed by atoms with van der Waals surface area (Å²) in [6, 6.07) is 0. The third kappa shape index (κ3) is 6.89. The molecule has 0 unspecified atom stereocenters. The third-order valence-corrected chi connectivity index (χ3v) is 3.43. The molecule has 5 nitrogen and oxygen atoms in total. The number of carbonyl (C=O) groups is 2. The van der Waals surface area contributed by atoms with Gasteiger partial charge < -0.3 is 14.8 Å². The number of nitrogens with one attached hydrogen (secondary N) is 1. The predicted molar refractivity (Wildman–Crippen MR) is 78.3 cm³/mol. The van der Waals surface area contributed by atoms with Crippen molar-refractivity contribution in [1.29, 1.82) is 0 Å². The molecule has 0 saturated carbocycles. The second kappa shape index (κ2) is 8.25. The van der Waals surface area contributed by atoms with Crippen molar-refractivity contribution in [3.63, 3.8) is 0 Å². The molecule has 1 aliphatic rings. The number of esters is 1. The van der Waals surface area contributed by atoms with Crippen LogP contribution in [0.15, 0.2) is 0 Å². The summed E-state index contributed by atoms with van der Waals surface area (Å²) in [6.07, 6.45) is 2.28. The normalized spacial score (nSPS) is 19.4. The lowest BCUT2D eigenvalue weighted by Crippen LogP contribution is -2.43. The summed E-state index contributed by atoms with van der Waals surface area (Å²) >= 11 is 0. The Morgan fingerprint density at radius 3 is 2.15 bits per heavy atom. The zero-order valence-electron chi connectivity index (χ0n) is 13.6. The van der Waals surface area contributed by atoms with E-state index in [0.717, 1.165) is 25.9 Å². The fourth-order valence-electron chi connectivity index (χ4n) is 2.04. The van der Waals surface area contributed by atoms with E-state index in [1.807, 2.05) is 34.6 Å². The summed E-state index contributed by atoms with van der Waals surface area (Å²) in [6.45, 7) is 11.9. The fourth-order valence-corrected chi connectivity index (χ4v) is 2.04. The first-order chi connectivity index (χ1) is 9.15. The van der Waals surface area contributed by atoms with Crippen LogP contribution in [0.1, 0.15) is 47.5 Å². The van der Waals surface area contributed by atoms with Crippen molar-refractivity contribution in [2.75, 3.05) is 20.2 Å². The van der Waals surface area contributed by atoms with Crippen molar-refractivity contribution in [2.45, 2.75) is 53.1 Å². The molecule has 0 spiro atoms. The number of carbonyl (C=O) groups excluding carboxylic acids is 2. The van der Waals surface area contributed by atoms with Gasteiger partial charge in [-0.15, -0.1) is 0 Å². The minimum atomic E-state index is -0.345. The summed E-state index contributed by atoms with van der Waals surface area (Å²) in [5.41, 5.74) is -0.663. The van der Waals surface area contributed by atoms with Gasteiger partial charge in [-0.3, -0.25) is 9.59 Å². The van der Waals surface area contributed by atoms with Crippen LogP contribution < -0.4 is 5.32 Å². The SMILES string of the molecule is CC(C)(C)OC=O.COC(=O)C(C)(C)[C@@H]1CCCNC1. The van der Waals surface area contributed by atoms with E-state index in [2.05, 4.69) is 10.1 Å². The van der Waals surface area contributed by atoms with Crippen LogP contribution >= 0.6 is 0 Å². The summed E-state index contributed by atoms with van der Waals surface area (Å²) in [7, 11) is 1.46. The summed E-state index contributed by atoms with van der Waals surface area (Å²) in [4.78, 5) is 21.1. The number of hydrogen-bond acceptors (Lipinski definition) is 5. The minimum absolute atomic E-state index is 0.0961. The lowest BCUT2D eigenvalue weighted by Gasteiger charge is -2.34. The molecule has 1 N–H and O–H groups in total. The van der Waals surface area contributed by atoms with Gasteiger partial charge in [0, 0.05) is 0 Å². The molecule has 0 aromatic carbocycles. The molecule has 5 heteroatoms. The van der Waals surface area contributed by atoms with E-state index in [9.17, 15) is 9.59 Å². The maximum absolute atomic E-state index is 11.5. The van der Waals surface area contributed by atoms with Crippen LogP contribution in [-0.2, 0) is 19.1 Å². The van der Waals surface area contributed by atoms with Crippen molar-refractivity contribution in [3.8, 4) is 0 Å². The van der Waals surface area contributed by atoms with Gasteiger partial charge in [0.2, 0.25) is 0 Å². The van der Waals surface area contributed by atoms with Crippen molar-refractivity contribution < 1.29 is 19.1 Å². The van der Waals surface area contributed by atoms with Crippen LogP contribution in [0.5, 0.6) is 0 Å². The van der Waals surface area contributed by atoms with Gasteiger partial charge in [-0.25, -0.2) is 0 Å². The largest absolute Gasteiger partial charge is 0.469 e. The van der Waals surface area contributed by atoms with Crippen molar-refractivity contribution in [1.82, 2.24) is 5.32 Å². The quantitative estimate of drug-likeness (QED) is 0.636. The maximum atomic E-state index is 11.5. The molecule has 1 aliphatic heterocycles. The van der Waals surface area contributed by atoms with E-state index in [4.69, 9.17) is 4.74 Å². The van der Waals surface area contributed by atoms with Gasteiger partial charge >= 0.3 is 5.97 Å². The number of piperidine rings is 1. The Morgan fingerprint density at radius 2 is 1.85 bits per heavy atom. The van der Waals surface area contributed by atoms with E-state index >= 15 is 0 Å². The molecule has 0 aromatic heterocycles. The minimum Gasteiger partial charge on any atom is -0.469 e. The highest BCUT2D eigenvalue weighted by atomic mass is 16.5. The zero-order valence-corrected chi connectivity index (χ0v) is 13.6. The highest BCUT2D eigenvalue weighted by Gasteiger charge is 2.38. The zero-order chi connectivity index (χ0) is 15.8. The molecular formula is C15H29NO4. The smallest absolute Gasteiger partial charge is 0.311 e. The second-order valence-electron chi connectivity index (χ2n) is 6.58. The average Bonchev–Trinajstić information content (AvgIpc) is 2.38. The van der Waals surface area contributed by atoms with E-state index in [-0.39, 0.29) is 17.0 Å². The summed E-state index contributed by atoms with van der Waals surface area (Å²) < 4.78 is 9.35. The lowest BCUT2D eigenvalue weighted by atomic mass is 9.75. The molecule has 1 atom stereocenters. The Balaban J connectivity index is 0.000000441. The Kier molecular flexibility index (Phi) is 7.79. The molecular weight excluding hydrogens is 258 g/mol. The molecule has 0 aliphatic carbocycles. The van der Waals surface area contributed by atoms with Gasteiger partial charge in [0.05, 0.1) is 12.5 Å². The average molecular weight is 287 g/mol. The Bertz CT molecular complexity index is 301. The third-order valence-electron chi connectivity index (χ3n) is 3.43. The first-order valence-corrected chi connectivity index (χ1v) is 7.05. The highest BCUT2D eigenvalue weighted by Crippen LogP contribution is 2.32. The van der Waals surface area contributed by atoms with Gasteiger partial charge in [0.15, 0.2) is 0 Å². The fraction of sp³-hybridized carbons (Fsp3) is 0.867. The molecule has 0 amide bonds. The van der Waals surface area contributed by atoms with Crippen LogP contribution in [-0.4, -0.2) is 38.2 Å². The van der Waals surface area contributed by atoms with E-state index in [0.29, 0.717) is 12.4 Å². The molecule has 1 saturated heterocycles. The molecule has 1 rings (SSSR count). The van der Waals surface area contributed by atoms with Crippen LogP contribution in [0, 0.1) is 11.3 Å². The molecule has 118 valence electrons. The molecule has 0 radical (unpaired) electrons. The first kappa shape index (κ1) is 18.9. The van der Waals surface area contributed by atoms with Gasteiger partial charge in [-0.05, 0) is 66.5 Å². The monoisotopic (exact) mass is 287 g/mol. The molecule has 1 fully saturated rings. The van der Waals surface area contributed by atoms with Gasteiger partial charge in [0.25, 0.3) is 6.47 Å². The second-order valence-corrected chi connectivity index (χ2v) is 6.58. The lowest BCUT2D eigenvalue weighted by molar-refractivity contribution is -0.154. The van der Waals surface area contributed by atoms with Crippen molar-refractivity contribution in [3.05, 3.63) is 0 Å². The van der Waals surface area contributed by atoms with Crippen molar-refractivity contribution in [2.24, 2.45) is 11.3 Å². The Hall–Kier alpha value is -1.10. The summed E-state index contributed by atoms with van der Waals surface area (Å²) in [5, 5.41) is 3.31. The van der Waals surface area contributed by atoms with Gasteiger partial charge in [0.1, 0.15) is 5.60 Å². The van der Waals surface area contributed by atoms with E-state index < -0.39 is 0 Å². The summed E-state index contributed by atoms with van der Waals surface area (Å²) in [5.74, 6) is 0.315. The van der Waals surface area contributed by atoms with Crippen LogP contribution in [0.2, 0.25) is 0 Å². The molecule has 20 heavy (non-hydrogen) atoms. The number of methoxy groups -OCH3 is 1. The standard InChI is InChI=1S/C10H19NO2.C5H10O2/c1-10(2,9(12)13-3)8-5-4-6-11-7-8;1-5(2,3)7-4-6/h8,11H,4-7H2,1-3H3;4H,1-3H3/t8-;/m1./s1. The maximum Gasteiger partial charge on any atom is 0.311 e. The predicted octanol–water partition coefficient (Wildman–Crippen LogP) is 2.14. The Labute approximate surface area is 122 Å². The molecule has 0 bridgehead atoms. The molecule has 1 heterocycles. The number of ether oxygens (including phenoxy) is 2. The van der Waals surface area contributed by atoms with E-state index in [1.54, 1.807) is 0 Å². The Morgan fingerprint density at radius 1 is 1.25 bits per heavy atom. The topological polar surface area (TPSA) is 64.6 Å². The first-order valence-electron chi connectivity index (χ1n) is 7.05. The van der Waals surface area contributed by atoms with Crippen LogP contribution in [0.4, 0.5) is 0 Å². The van der Waals surface area contributed by atoms with E-state index in [1.165, 1.54) is 7.11 Å². The highest BCUT2D eigenvalue weighted by molar-refractivity contribution is 5.76. The number of rotatable bonds is 3. The molecule has 0 aromatic rings.